The van der Waals surface area contributed by atoms with Gasteiger partial charge in [0.2, 0.25) is 0 Å². The summed E-state index contributed by atoms with van der Waals surface area (Å²) in [6.45, 7) is 6.88. The number of halogens is 3. The third kappa shape index (κ3) is 5.97. The molecule has 1 heterocycles. The third-order valence-corrected chi connectivity index (χ3v) is 4.07. The zero-order chi connectivity index (χ0) is 16.8. The summed E-state index contributed by atoms with van der Waals surface area (Å²) in [6, 6.07) is 3.23. The topological polar surface area (TPSA) is 49.3 Å². The molecular weight excluding hydrogens is 445 g/mol. The van der Waals surface area contributed by atoms with E-state index in [-0.39, 0.29) is 30.0 Å². The van der Waals surface area contributed by atoms with Gasteiger partial charge in [-0.1, -0.05) is 6.07 Å². The minimum Gasteiger partial charge on any atom is -0.357 e. The van der Waals surface area contributed by atoms with Crippen LogP contribution >= 0.6 is 35.3 Å². The van der Waals surface area contributed by atoms with Gasteiger partial charge in [-0.05, 0) is 26.8 Å². The van der Waals surface area contributed by atoms with Crippen LogP contribution in [-0.4, -0.2) is 17.5 Å². The lowest BCUT2D eigenvalue weighted by Gasteiger charge is -2.18. The molecule has 0 spiro atoms. The van der Waals surface area contributed by atoms with Gasteiger partial charge in [0, 0.05) is 29.2 Å². The van der Waals surface area contributed by atoms with E-state index in [0.717, 1.165) is 16.0 Å². The van der Waals surface area contributed by atoms with Gasteiger partial charge in [0.05, 0.1) is 12.6 Å². The molecule has 0 amide bonds. The Hall–Kier alpha value is -1.29. The van der Waals surface area contributed by atoms with Crippen molar-refractivity contribution < 1.29 is 8.78 Å². The van der Waals surface area contributed by atoms with Crippen molar-refractivity contribution in [1.82, 2.24) is 15.6 Å². The number of guanidine groups is 1. The van der Waals surface area contributed by atoms with Crippen LogP contribution in [0.15, 0.2) is 29.4 Å². The van der Waals surface area contributed by atoms with Crippen molar-refractivity contribution in [3.63, 3.8) is 0 Å². The molecule has 0 aliphatic rings. The van der Waals surface area contributed by atoms with E-state index in [0.29, 0.717) is 24.6 Å². The summed E-state index contributed by atoms with van der Waals surface area (Å²) in [5.41, 5.74) is 0.391. The van der Waals surface area contributed by atoms with Gasteiger partial charge in [-0.2, -0.15) is 0 Å². The van der Waals surface area contributed by atoms with Crippen molar-refractivity contribution in [2.24, 2.45) is 4.99 Å². The molecule has 1 aromatic carbocycles. The van der Waals surface area contributed by atoms with Crippen LogP contribution in [-0.2, 0) is 6.54 Å². The average Bonchev–Trinajstić information content (AvgIpc) is 2.90. The van der Waals surface area contributed by atoms with Gasteiger partial charge in [-0.25, -0.2) is 18.8 Å². The summed E-state index contributed by atoms with van der Waals surface area (Å²) in [6.07, 6.45) is 1.81. The zero-order valence-electron chi connectivity index (χ0n) is 13.8. The van der Waals surface area contributed by atoms with Crippen LogP contribution in [0.5, 0.6) is 0 Å². The lowest BCUT2D eigenvalue weighted by molar-refractivity contribution is 0.551. The highest BCUT2D eigenvalue weighted by molar-refractivity contribution is 14.0. The minimum absolute atomic E-state index is 0. The Labute approximate surface area is 161 Å². The van der Waals surface area contributed by atoms with E-state index in [1.54, 1.807) is 18.3 Å². The molecule has 24 heavy (non-hydrogen) atoms. The van der Waals surface area contributed by atoms with E-state index < -0.39 is 11.6 Å². The molecule has 8 heteroatoms. The van der Waals surface area contributed by atoms with Gasteiger partial charge >= 0.3 is 0 Å². The SMILES string of the molecule is CCNC(=NCc1ncc(C)s1)NC(C)c1ccc(F)cc1F.I. The van der Waals surface area contributed by atoms with Crippen LogP contribution < -0.4 is 10.6 Å². The maximum absolute atomic E-state index is 13.8. The molecular formula is C16H21F2IN4S. The quantitative estimate of drug-likeness (QED) is 0.395. The lowest BCUT2D eigenvalue weighted by Crippen LogP contribution is -2.39. The fraction of sp³-hybridized carbons (Fsp3) is 0.375. The van der Waals surface area contributed by atoms with Gasteiger partial charge in [0.1, 0.15) is 16.6 Å². The Kier molecular flexibility index (Phi) is 8.54. The molecule has 132 valence electrons. The number of nitrogens with zero attached hydrogens (tertiary/aromatic N) is 2. The molecule has 4 nitrogen and oxygen atoms in total. The monoisotopic (exact) mass is 466 g/mol. The molecule has 0 fully saturated rings. The van der Waals surface area contributed by atoms with E-state index in [2.05, 4.69) is 20.6 Å². The van der Waals surface area contributed by atoms with Gasteiger partial charge in [0.15, 0.2) is 5.96 Å². The van der Waals surface area contributed by atoms with E-state index in [1.807, 2.05) is 20.0 Å². The fourth-order valence-corrected chi connectivity index (χ4v) is 2.79. The van der Waals surface area contributed by atoms with Crippen LogP contribution in [0.3, 0.4) is 0 Å². The summed E-state index contributed by atoms with van der Waals surface area (Å²) in [5, 5.41) is 7.15. The Morgan fingerprint density at radius 1 is 1.38 bits per heavy atom. The van der Waals surface area contributed by atoms with Crippen LogP contribution in [0.4, 0.5) is 8.78 Å². The maximum atomic E-state index is 13.8. The lowest BCUT2D eigenvalue weighted by atomic mass is 10.1. The first-order chi connectivity index (χ1) is 11.0. The summed E-state index contributed by atoms with van der Waals surface area (Å²) in [7, 11) is 0. The molecule has 0 saturated carbocycles. The maximum Gasteiger partial charge on any atom is 0.192 e. The van der Waals surface area contributed by atoms with Crippen molar-refractivity contribution >= 4 is 41.3 Å². The second-order valence-corrected chi connectivity index (χ2v) is 6.41. The van der Waals surface area contributed by atoms with Gasteiger partial charge < -0.3 is 10.6 Å². The van der Waals surface area contributed by atoms with Crippen molar-refractivity contribution in [1.29, 1.82) is 0 Å². The Bertz CT molecular complexity index is 690. The molecule has 0 radical (unpaired) electrons. The normalized spacial score (nSPS) is 12.5. The minimum atomic E-state index is -0.585. The van der Waals surface area contributed by atoms with Crippen LogP contribution in [0, 0.1) is 18.6 Å². The van der Waals surface area contributed by atoms with E-state index in [9.17, 15) is 8.78 Å². The van der Waals surface area contributed by atoms with Crippen LogP contribution in [0.1, 0.15) is 35.3 Å². The van der Waals surface area contributed by atoms with Gasteiger partial charge in [0.25, 0.3) is 0 Å². The summed E-state index contributed by atoms with van der Waals surface area (Å²) in [5.74, 6) is -0.592. The number of aromatic nitrogens is 1. The van der Waals surface area contributed by atoms with E-state index in [4.69, 9.17) is 0 Å². The number of rotatable bonds is 5. The molecule has 1 aromatic heterocycles. The Morgan fingerprint density at radius 3 is 2.71 bits per heavy atom. The molecule has 0 bridgehead atoms. The second kappa shape index (κ2) is 9.87. The number of hydrogen-bond donors (Lipinski definition) is 2. The first-order valence-electron chi connectivity index (χ1n) is 7.40. The molecule has 2 aromatic rings. The number of aliphatic imine (C=N–C) groups is 1. The van der Waals surface area contributed by atoms with E-state index in [1.165, 1.54) is 12.1 Å². The average molecular weight is 466 g/mol. The van der Waals surface area contributed by atoms with Gasteiger partial charge in [-0.15, -0.1) is 35.3 Å². The smallest absolute Gasteiger partial charge is 0.192 e. The summed E-state index contributed by atoms with van der Waals surface area (Å²) >= 11 is 1.59. The second-order valence-electron chi connectivity index (χ2n) is 5.09. The molecule has 1 atom stereocenters. The molecule has 0 aliphatic carbocycles. The van der Waals surface area contributed by atoms with Crippen molar-refractivity contribution in [2.75, 3.05) is 6.54 Å². The molecule has 2 N–H and O–H groups in total. The largest absolute Gasteiger partial charge is 0.357 e. The third-order valence-electron chi connectivity index (χ3n) is 3.17. The number of thiazole rings is 1. The Morgan fingerprint density at radius 2 is 2.12 bits per heavy atom. The molecule has 2 rings (SSSR count). The van der Waals surface area contributed by atoms with Crippen molar-refractivity contribution in [3.05, 3.63) is 51.5 Å². The molecule has 1 unspecified atom stereocenters. The molecule has 0 aliphatic heterocycles. The van der Waals surface area contributed by atoms with Crippen LogP contribution in [0.2, 0.25) is 0 Å². The van der Waals surface area contributed by atoms with Crippen molar-refractivity contribution in [3.8, 4) is 0 Å². The number of aryl methyl sites for hydroxylation is 1. The number of hydrogen-bond acceptors (Lipinski definition) is 3. The highest BCUT2D eigenvalue weighted by Crippen LogP contribution is 2.17. The fourth-order valence-electron chi connectivity index (χ4n) is 2.08. The molecule has 0 saturated heterocycles. The van der Waals surface area contributed by atoms with Crippen LogP contribution in [0.25, 0.3) is 0 Å². The predicted molar refractivity (Wildman–Crippen MR) is 105 cm³/mol. The highest BCUT2D eigenvalue weighted by atomic mass is 127. The zero-order valence-corrected chi connectivity index (χ0v) is 16.9. The number of nitrogens with one attached hydrogen (secondary N) is 2. The van der Waals surface area contributed by atoms with E-state index >= 15 is 0 Å². The van der Waals surface area contributed by atoms with Crippen molar-refractivity contribution in [2.45, 2.75) is 33.4 Å². The number of benzene rings is 1. The first-order valence-corrected chi connectivity index (χ1v) is 8.22. The predicted octanol–water partition coefficient (Wildman–Crippen LogP) is 4.16. The Balaban J connectivity index is 0.00000288. The highest BCUT2D eigenvalue weighted by Gasteiger charge is 2.13. The summed E-state index contributed by atoms with van der Waals surface area (Å²) in [4.78, 5) is 9.85. The summed E-state index contributed by atoms with van der Waals surface area (Å²) < 4.78 is 26.8. The standard InChI is InChI=1S/C16H20F2N4S.HI/c1-4-19-16(21-9-15-20-8-10(2)23-15)22-11(3)13-6-5-12(17)7-14(13)18;/h5-8,11H,4,9H2,1-3H3,(H2,19,21,22);1H. The van der Waals surface area contributed by atoms with Gasteiger partial charge in [-0.3, -0.25) is 0 Å². The first kappa shape index (κ1) is 20.8.